The summed E-state index contributed by atoms with van der Waals surface area (Å²) < 4.78 is 2.12. The van der Waals surface area contributed by atoms with Crippen LogP contribution in [0.15, 0.2) is 66.7 Å². The second-order valence-electron chi connectivity index (χ2n) is 8.21. The average Bonchev–Trinajstić information content (AvgIpc) is 3.23. The van der Waals surface area contributed by atoms with Crippen molar-refractivity contribution >= 4 is 17.7 Å². The molecule has 4 rings (SSSR count). The summed E-state index contributed by atoms with van der Waals surface area (Å²) >= 11 is 0. The minimum absolute atomic E-state index is 0.229. The van der Waals surface area contributed by atoms with Gasteiger partial charge < -0.3 is 9.88 Å². The minimum atomic E-state index is -0.643. The van der Waals surface area contributed by atoms with E-state index in [2.05, 4.69) is 22.0 Å². The fraction of sp³-hybridized carbons (Fsp3) is 0.269. The Morgan fingerprint density at radius 2 is 1.56 bits per heavy atom. The van der Waals surface area contributed by atoms with Gasteiger partial charge in [-0.2, -0.15) is 0 Å². The van der Waals surface area contributed by atoms with Crippen LogP contribution in [0.25, 0.3) is 0 Å². The Morgan fingerprint density at radius 3 is 2.22 bits per heavy atom. The summed E-state index contributed by atoms with van der Waals surface area (Å²) in [4.78, 5) is 39.3. The summed E-state index contributed by atoms with van der Waals surface area (Å²) in [7, 11) is 0. The maximum Gasteiger partial charge on any atom is 0.325 e. The SMILES string of the molecule is Cc1cc(C(=O)CN2C(=O)NC(Cc3ccccc3)C2=O)c(C)n1CCc1ccccc1. The highest BCUT2D eigenvalue weighted by atomic mass is 16.2. The Bertz CT molecular complexity index is 1140. The zero-order valence-electron chi connectivity index (χ0n) is 18.4. The molecule has 1 aromatic heterocycles. The van der Waals surface area contributed by atoms with Crippen molar-refractivity contribution in [1.82, 2.24) is 14.8 Å². The smallest absolute Gasteiger partial charge is 0.325 e. The number of aromatic nitrogens is 1. The first-order valence-corrected chi connectivity index (χ1v) is 10.8. The van der Waals surface area contributed by atoms with Gasteiger partial charge in [0, 0.05) is 29.9 Å². The van der Waals surface area contributed by atoms with Gasteiger partial charge in [-0.05, 0) is 37.5 Å². The molecule has 0 radical (unpaired) electrons. The first kappa shape index (κ1) is 21.6. The number of imide groups is 1. The number of benzene rings is 2. The Morgan fingerprint density at radius 1 is 0.938 bits per heavy atom. The molecular weight excluding hydrogens is 402 g/mol. The van der Waals surface area contributed by atoms with Crippen LogP contribution in [0, 0.1) is 13.8 Å². The molecule has 1 unspecified atom stereocenters. The van der Waals surface area contributed by atoms with E-state index in [0.29, 0.717) is 12.0 Å². The highest BCUT2D eigenvalue weighted by Gasteiger charge is 2.39. The van der Waals surface area contributed by atoms with E-state index in [9.17, 15) is 14.4 Å². The summed E-state index contributed by atoms with van der Waals surface area (Å²) in [5.41, 5.74) is 4.60. The Labute approximate surface area is 187 Å². The van der Waals surface area contributed by atoms with Crippen LogP contribution in [0.4, 0.5) is 4.79 Å². The average molecular weight is 430 g/mol. The van der Waals surface area contributed by atoms with Crippen LogP contribution in [0.2, 0.25) is 0 Å². The van der Waals surface area contributed by atoms with Crippen LogP contribution < -0.4 is 5.32 Å². The van der Waals surface area contributed by atoms with Crippen LogP contribution in [0.5, 0.6) is 0 Å². The minimum Gasteiger partial charge on any atom is -0.348 e. The lowest BCUT2D eigenvalue weighted by molar-refractivity contribution is -0.127. The van der Waals surface area contributed by atoms with Crippen LogP contribution in [-0.2, 0) is 24.2 Å². The number of hydrogen-bond donors (Lipinski definition) is 1. The number of aryl methyl sites for hydroxylation is 2. The Balaban J connectivity index is 1.43. The van der Waals surface area contributed by atoms with E-state index in [0.717, 1.165) is 34.8 Å². The first-order chi connectivity index (χ1) is 15.4. The maximum atomic E-state index is 13.0. The lowest BCUT2D eigenvalue weighted by atomic mass is 10.1. The summed E-state index contributed by atoms with van der Waals surface area (Å²) in [6.07, 6.45) is 1.27. The molecule has 1 atom stereocenters. The molecule has 1 fully saturated rings. The topological polar surface area (TPSA) is 71.4 Å². The van der Waals surface area contributed by atoms with E-state index in [1.54, 1.807) is 0 Å². The van der Waals surface area contributed by atoms with Crippen LogP contribution >= 0.6 is 0 Å². The number of nitrogens with zero attached hydrogens (tertiary/aromatic N) is 2. The van der Waals surface area contributed by atoms with Gasteiger partial charge in [-0.15, -0.1) is 0 Å². The van der Waals surface area contributed by atoms with Crippen molar-refractivity contribution in [2.75, 3.05) is 6.54 Å². The van der Waals surface area contributed by atoms with Gasteiger partial charge in [0.2, 0.25) is 0 Å². The van der Waals surface area contributed by atoms with Crippen molar-refractivity contribution in [3.05, 3.63) is 94.8 Å². The Kier molecular flexibility index (Phi) is 6.21. The molecule has 32 heavy (non-hydrogen) atoms. The lowest BCUT2D eigenvalue weighted by Crippen LogP contribution is -2.36. The highest BCUT2D eigenvalue weighted by molar-refractivity contribution is 6.09. The van der Waals surface area contributed by atoms with Crippen molar-refractivity contribution in [3.8, 4) is 0 Å². The highest BCUT2D eigenvalue weighted by Crippen LogP contribution is 2.19. The van der Waals surface area contributed by atoms with Crippen LogP contribution in [-0.4, -0.2) is 39.8 Å². The van der Waals surface area contributed by atoms with E-state index < -0.39 is 12.1 Å². The number of rotatable bonds is 8. The molecule has 2 heterocycles. The van der Waals surface area contributed by atoms with Gasteiger partial charge in [0.15, 0.2) is 5.78 Å². The van der Waals surface area contributed by atoms with Gasteiger partial charge in [0.1, 0.15) is 6.04 Å². The molecular formula is C26H27N3O3. The summed E-state index contributed by atoms with van der Waals surface area (Å²) in [5.74, 6) is -0.585. The van der Waals surface area contributed by atoms with E-state index in [1.807, 2.05) is 68.4 Å². The fourth-order valence-electron chi connectivity index (χ4n) is 4.26. The number of carbonyl (C=O) groups excluding carboxylic acids is 3. The standard InChI is InChI=1S/C26H27N3O3/c1-18-15-22(19(2)28(18)14-13-20-9-5-3-6-10-20)24(30)17-29-25(31)23(27-26(29)32)16-21-11-7-4-8-12-21/h3-12,15,23H,13-14,16-17H2,1-2H3,(H,27,32). The molecule has 164 valence electrons. The second kappa shape index (κ2) is 9.22. The predicted molar refractivity (Wildman–Crippen MR) is 123 cm³/mol. The second-order valence-corrected chi connectivity index (χ2v) is 8.21. The summed E-state index contributed by atoms with van der Waals surface area (Å²) in [6, 6.07) is 20.4. The molecule has 1 aliphatic heterocycles. The van der Waals surface area contributed by atoms with Gasteiger partial charge in [0.05, 0.1) is 6.54 Å². The number of Topliss-reactive ketones (excluding diaryl/α,β-unsaturated/α-hetero) is 1. The van der Waals surface area contributed by atoms with Gasteiger partial charge in [0.25, 0.3) is 5.91 Å². The van der Waals surface area contributed by atoms with E-state index in [-0.39, 0.29) is 18.2 Å². The van der Waals surface area contributed by atoms with Crippen molar-refractivity contribution in [1.29, 1.82) is 0 Å². The van der Waals surface area contributed by atoms with Gasteiger partial charge in [-0.25, -0.2) is 4.79 Å². The van der Waals surface area contributed by atoms with Crippen molar-refractivity contribution in [2.45, 2.75) is 39.3 Å². The zero-order valence-corrected chi connectivity index (χ0v) is 18.4. The zero-order chi connectivity index (χ0) is 22.7. The molecule has 2 aromatic carbocycles. The fourth-order valence-corrected chi connectivity index (χ4v) is 4.26. The largest absolute Gasteiger partial charge is 0.348 e. The van der Waals surface area contributed by atoms with Crippen molar-refractivity contribution in [2.24, 2.45) is 0 Å². The third-order valence-electron chi connectivity index (χ3n) is 6.03. The van der Waals surface area contributed by atoms with Crippen LogP contribution in [0.1, 0.15) is 32.9 Å². The van der Waals surface area contributed by atoms with Crippen LogP contribution in [0.3, 0.4) is 0 Å². The molecule has 0 spiro atoms. The number of nitrogens with one attached hydrogen (secondary N) is 1. The normalized spacial score (nSPS) is 15.8. The Hall–Kier alpha value is -3.67. The predicted octanol–water partition coefficient (Wildman–Crippen LogP) is 3.69. The van der Waals surface area contributed by atoms with E-state index in [4.69, 9.17) is 0 Å². The molecule has 6 heteroatoms. The summed E-state index contributed by atoms with van der Waals surface area (Å²) in [6.45, 7) is 4.39. The molecule has 0 saturated carbocycles. The molecule has 6 nitrogen and oxygen atoms in total. The van der Waals surface area contributed by atoms with E-state index >= 15 is 0 Å². The molecule has 0 bridgehead atoms. The van der Waals surface area contributed by atoms with Crippen molar-refractivity contribution < 1.29 is 14.4 Å². The molecule has 1 N–H and O–H groups in total. The molecule has 3 aromatic rings. The molecule has 1 saturated heterocycles. The number of amides is 3. The number of urea groups is 1. The summed E-state index contributed by atoms with van der Waals surface area (Å²) in [5, 5.41) is 2.71. The number of hydrogen-bond acceptors (Lipinski definition) is 3. The van der Waals surface area contributed by atoms with Gasteiger partial charge in [-0.1, -0.05) is 60.7 Å². The molecule has 0 aliphatic carbocycles. The molecule has 1 aliphatic rings. The lowest BCUT2D eigenvalue weighted by Gasteiger charge is -2.13. The third-order valence-corrected chi connectivity index (χ3v) is 6.03. The maximum absolute atomic E-state index is 13.0. The third kappa shape index (κ3) is 4.49. The van der Waals surface area contributed by atoms with Crippen molar-refractivity contribution in [3.63, 3.8) is 0 Å². The monoisotopic (exact) mass is 429 g/mol. The number of carbonyl (C=O) groups is 3. The quantitative estimate of drug-likeness (QED) is 0.438. The molecule has 3 amide bonds. The first-order valence-electron chi connectivity index (χ1n) is 10.8. The van der Waals surface area contributed by atoms with E-state index in [1.165, 1.54) is 5.56 Å². The number of ketones is 1. The van der Waals surface area contributed by atoms with Gasteiger partial charge in [-0.3, -0.25) is 14.5 Å². The van der Waals surface area contributed by atoms with Gasteiger partial charge >= 0.3 is 6.03 Å².